The highest BCUT2D eigenvalue weighted by molar-refractivity contribution is 6.08. The normalized spacial score (nSPS) is 19.5. The number of para-hydroxylation sites is 1. The van der Waals surface area contributed by atoms with Crippen molar-refractivity contribution in [3.8, 4) is 11.5 Å². The number of ketones is 1. The zero-order valence-corrected chi connectivity index (χ0v) is 14.0. The first kappa shape index (κ1) is 17.5. The number of rotatable bonds is 5. The number of ether oxygens (including phenoxy) is 1. The van der Waals surface area contributed by atoms with Gasteiger partial charge in [0.05, 0.1) is 0 Å². The molecule has 0 aliphatic carbocycles. The van der Waals surface area contributed by atoms with Crippen LogP contribution in [-0.4, -0.2) is 28.0 Å². The van der Waals surface area contributed by atoms with Crippen LogP contribution in [0.2, 0.25) is 0 Å². The number of hydrogen-bond acceptors (Lipinski definition) is 6. The number of carbonyl (C=O) groups is 2. The zero-order chi connectivity index (χ0) is 18.9. The van der Waals surface area contributed by atoms with Crippen LogP contribution in [0.4, 0.5) is 0 Å². The summed E-state index contributed by atoms with van der Waals surface area (Å²) in [6, 6.07) is 12.2. The van der Waals surface area contributed by atoms with Crippen LogP contribution < -0.4 is 15.8 Å². The number of aliphatic carboxylic acids is 1. The quantitative estimate of drug-likeness (QED) is 0.607. The van der Waals surface area contributed by atoms with Crippen LogP contribution in [-0.2, 0) is 15.1 Å². The Labute approximate surface area is 149 Å². The van der Waals surface area contributed by atoms with Crippen molar-refractivity contribution >= 4 is 17.5 Å². The summed E-state index contributed by atoms with van der Waals surface area (Å²) in [5, 5.41) is 22.0. The summed E-state index contributed by atoms with van der Waals surface area (Å²) in [6.45, 7) is 1.52. The summed E-state index contributed by atoms with van der Waals surface area (Å²) in [5.41, 5.74) is 4.89. The molecule has 0 spiro atoms. The Morgan fingerprint density at radius 3 is 2.50 bits per heavy atom. The van der Waals surface area contributed by atoms with Gasteiger partial charge < -0.3 is 26.0 Å². The third kappa shape index (κ3) is 3.00. The van der Waals surface area contributed by atoms with Crippen LogP contribution in [0.5, 0.6) is 11.5 Å². The molecule has 26 heavy (non-hydrogen) atoms. The summed E-state index contributed by atoms with van der Waals surface area (Å²) in [5.74, 6) is -1.18. The summed E-state index contributed by atoms with van der Waals surface area (Å²) in [4.78, 5) is 23.8. The van der Waals surface area contributed by atoms with Crippen molar-refractivity contribution in [3.63, 3.8) is 0 Å². The third-order valence-corrected chi connectivity index (χ3v) is 4.32. The molecule has 5 N–H and O–H groups in total. The predicted molar refractivity (Wildman–Crippen MR) is 94.7 cm³/mol. The molecule has 1 aliphatic rings. The van der Waals surface area contributed by atoms with Gasteiger partial charge in [-0.3, -0.25) is 9.59 Å². The minimum absolute atomic E-state index is 0.0690. The maximum Gasteiger partial charge on any atom is 0.328 e. The van der Waals surface area contributed by atoms with Crippen molar-refractivity contribution in [2.24, 2.45) is 5.73 Å². The largest absolute Gasteiger partial charge is 0.506 e. The molecular formula is C19H18N2O5. The summed E-state index contributed by atoms with van der Waals surface area (Å²) >= 11 is 0. The molecule has 0 amide bonds. The number of nitrogens with one attached hydrogen (secondary N) is 1. The van der Waals surface area contributed by atoms with Crippen molar-refractivity contribution < 1.29 is 24.5 Å². The standard InChI is InChI=1S/C19H18N2O5/c1-19(17(23)16(20)18(24)25)14-9-12(26-11-5-3-2-4-6-11)7-8-13(14)15(22)10-21-19/h2-10,16,21-22H,20H2,1H3,(H,24,25). The van der Waals surface area contributed by atoms with Gasteiger partial charge in [-0.15, -0.1) is 0 Å². The molecule has 0 fully saturated rings. The molecule has 0 radical (unpaired) electrons. The monoisotopic (exact) mass is 354 g/mol. The van der Waals surface area contributed by atoms with E-state index in [1.807, 2.05) is 18.2 Å². The van der Waals surface area contributed by atoms with E-state index in [4.69, 9.17) is 15.6 Å². The number of aliphatic hydroxyl groups excluding tert-OH is 1. The number of nitrogens with two attached hydrogens (primary N) is 1. The molecule has 7 nitrogen and oxygen atoms in total. The van der Waals surface area contributed by atoms with Crippen LogP contribution in [0, 0.1) is 0 Å². The molecule has 1 heterocycles. The second kappa shape index (κ2) is 6.53. The third-order valence-electron chi connectivity index (χ3n) is 4.32. The number of fused-ring (bicyclic) bond motifs is 1. The van der Waals surface area contributed by atoms with Crippen LogP contribution in [0.1, 0.15) is 18.1 Å². The minimum Gasteiger partial charge on any atom is -0.506 e. The molecule has 2 aromatic carbocycles. The number of carboxylic acids is 1. The molecule has 134 valence electrons. The maximum absolute atomic E-state index is 12.7. The first-order chi connectivity index (χ1) is 12.3. The van der Waals surface area contributed by atoms with E-state index in [9.17, 15) is 14.7 Å². The van der Waals surface area contributed by atoms with Gasteiger partial charge in [-0.1, -0.05) is 18.2 Å². The zero-order valence-electron chi connectivity index (χ0n) is 14.0. The van der Waals surface area contributed by atoms with E-state index in [-0.39, 0.29) is 5.76 Å². The van der Waals surface area contributed by atoms with E-state index in [0.717, 1.165) is 0 Å². The lowest BCUT2D eigenvalue weighted by molar-refractivity contribution is -0.144. The number of Topliss-reactive ketones (excluding diaryl/α,β-unsaturated/α-hetero) is 1. The number of carbonyl (C=O) groups excluding carboxylic acids is 1. The molecule has 2 aromatic rings. The molecule has 7 heteroatoms. The summed E-state index contributed by atoms with van der Waals surface area (Å²) in [7, 11) is 0. The van der Waals surface area contributed by atoms with E-state index < -0.39 is 23.3 Å². The number of carboxylic acid groups (broad SMARTS) is 1. The molecule has 2 unspecified atom stereocenters. The van der Waals surface area contributed by atoms with E-state index in [1.165, 1.54) is 13.1 Å². The lowest BCUT2D eigenvalue weighted by atomic mass is 9.79. The lowest BCUT2D eigenvalue weighted by Crippen LogP contribution is -2.55. The molecule has 0 bridgehead atoms. The number of hydrogen-bond donors (Lipinski definition) is 4. The maximum atomic E-state index is 12.7. The van der Waals surface area contributed by atoms with Gasteiger partial charge in [0, 0.05) is 11.8 Å². The molecular weight excluding hydrogens is 336 g/mol. The fourth-order valence-electron chi connectivity index (χ4n) is 2.84. The first-order valence-corrected chi connectivity index (χ1v) is 7.90. The molecule has 0 saturated heterocycles. The molecule has 3 rings (SSSR count). The van der Waals surface area contributed by atoms with E-state index >= 15 is 0 Å². The molecule has 0 aromatic heterocycles. The van der Waals surface area contributed by atoms with Gasteiger partial charge in [0.15, 0.2) is 11.8 Å². The van der Waals surface area contributed by atoms with E-state index in [2.05, 4.69) is 5.32 Å². The highest BCUT2D eigenvalue weighted by Crippen LogP contribution is 2.36. The molecule has 2 atom stereocenters. The van der Waals surface area contributed by atoms with Gasteiger partial charge in [-0.2, -0.15) is 0 Å². The average molecular weight is 354 g/mol. The van der Waals surface area contributed by atoms with Gasteiger partial charge in [0.25, 0.3) is 0 Å². The average Bonchev–Trinajstić information content (AvgIpc) is 2.64. The van der Waals surface area contributed by atoms with E-state index in [0.29, 0.717) is 22.6 Å². The van der Waals surface area contributed by atoms with E-state index in [1.54, 1.807) is 30.3 Å². The highest BCUT2D eigenvalue weighted by Gasteiger charge is 2.44. The van der Waals surface area contributed by atoms with Gasteiger partial charge in [0.2, 0.25) is 0 Å². The van der Waals surface area contributed by atoms with Gasteiger partial charge >= 0.3 is 5.97 Å². The Morgan fingerprint density at radius 1 is 1.15 bits per heavy atom. The fourth-order valence-corrected chi connectivity index (χ4v) is 2.84. The molecule has 0 saturated carbocycles. The van der Waals surface area contributed by atoms with Crippen LogP contribution >= 0.6 is 0 Å². The van der Waals surface area contributed by atoms with Crippen molar-refractivity contribution in [1.29, 1.82) is 0 Å². The topological polar surface area (TPSA) is 122 Å². The van der Waals surface area contributed by atoms with Gasteiger partial charge in [-0.25, -0.2) is 0 Å². The molecule has 1 aliphatic heterocycles. The van der Waals surface area contributed by atoms with Gasteiger partial charge in [0.1, 0.15) is 22.8 Å². The summed E-state index contributed by atoms with van der Waals surface area (Å²) in [6.07, 6.45) is 1.26. The van der Waals surface area contributed by atoms with Crippen LogP contribution in [0.15, 0.2) is 54.7 Å². The van der Waals surface area contributed by atoms with Gasteiger partial charge in [-0.05, 0) is 42.8 Å². The second-order valence-electron chi connectivity index (χ2n) is 6.10. The lowest BCUT2D eigenvalue weighted by Gasteiger charge is -2.35. The Balaban J connectivity index is 2.04. The van der Waals surface area contributed by atoms with Crippen LogP contribution in [0.25, 0.3) is 5.76 Å². The smallest absolute Gasteiger partial charge is 0.328 e. The number of aliphatic hydroxyl groups is 1. The minimum atomic E-state index is -1.70. The van der Waals surface area contributed by atoms with Crippen LogP contribution in [0.3, 0.4) is 0 Å². The van der Waals surface area contributed by atoms with Crippen molar-refractivity contribution in [1.82, 2.24) is 5.32 Å². The van der Waals surface area contributed by atoms with Crippen molar-refractivity contribution in [3.05, 3.63) is 65.9 Å². The Kier molecular flexibility index (Phi) is 4.40. The Morgan fingerprint density at radius 2 is 1.85 bits per heavy atom. The Hall–Kier alpha value is -3.32. The van der Waals surface area contributed by atoms with Crippen molar-refractivity contribution in [2.75, 3.05) is 0 Å². The number of benzene rings is 2. The SMILES string of the molecule is CC1(C(=O)C(N)C(=O)O)NC=C(O)c2ccc(Oc3ccccc3)cc21. The Bertz CT molecular complexity index is 894. The second-order valence-corrected chi connectivity index (χ2v) is 6.10. The first-order valence-electron chi connectivity index (χ1n) is 7.90. The van der Waals surface area contributed by atoms with Crippen molar-refractivity contribution in [2.45, 2.75) is 18.5 Å². The summed E-state index contributed by atoms with van der Waals surface area (Å²) < 4.78 is 5.77. The fraction of sp³-hybridized carbons (Fsp3) is 0.158. The predicted octanol–water partition coefficient (Wildman–Crippen LogP) is 2.13. The highest BCUT2D eigenvalue weighted by atomic mass is 16.5.